The number of carbonyl (C=O) groups is 4. The lowest BCUT2D eigenvalue weighted by Crippen LogP contribution is -2.56. The SMILES string of the molecule is CCC(C)C(N)C(=O)NC(CC(=O)O)C(=O)NC(Cc1cnc[nH]1)C(=O)O. The molecule has 27 heavy (non-hydrogen) atoms. The topological polar surface area (TPSA) is 188 Å². The van der Waals surface area contributed by atoms with Crippen LogP contribution < -0.4 is 16.4 Å². The summed E-state index contributed by atoms with van der Waals surface area (Å²) in [5.41, 5.74) is 6.27. The van der Waals surface area contributed by atoms with Gasteiger partial charge in [0.2, 0.25) is 11.8 Å². The summed E-state index contributed by atoms with van der Waals surface area (Å²) < 4.78 is 0. The fourth-order valence-electron chi connectivity index (χ4n) is 2.25. The molecule has 1 heterocycles. The lowest BCUT2D eigenvalue weighted by atomic mass is 9.99. The molecule has 150 valence electrons. The molecule has 4 unspecified atom stereocenters. The number of imidazole rings is 1. The van der Waals surface area contributed by atoms with E-state index in [1.54, 1.807) is 6.92 Å². The first-order chi connectivity index (χ1) is 12.6. The quantitative estimate of drug-likeness (QED) is 0.276. The first kappa shape index (κ1) is 22.1. The van der Waals surface area contributed by atoms with Gasteiger partial charge in [0, 0.05) is 18.3 Å². The Balaban J connectivity index is 2.84. The molecule has 0 spiro atoms. The summed E-state index contributed by atoms with van der Waals surface area (Å²) in [6, 6.07) is -3.69. The number of rotatable bonds is 11. The van der Waals surface area contributed by atoms with Gasteiger partial charge < -0.3 is 31.6 Å². The van der Waals surface area contributed by atoms with Crippen molar-refractivity contribution in [3.63, 3.8) is 0 Å². The second kappa shape index (κ2) is 10.3. The van der Waals surface area contributed by atoms with Crippen molar-refractivity contribution in [1.82, 2.24) is 20.6 Å². The monoisotopic (exact) mass is 383 g/mol. The largest absolute Gasteiger partial charge is 0.481 e. The van der Waals surface area contributed by atoms with E-state index in [1.807, 2.05) is 6.92 Å². The lowest BCUT2D eigenvalue weighted by molar-refractivity contribution is -0.143. The summed E-state index contributed by atoms with van der Waals surface area (Å²) >= 11 is 0. The molecule has 0 saturated heterocycles. The van der Waals surface area contributed by atoms with Crippen LogP contribution in [0.25, 0.3) is 0 Å². The maximum Gasteiger partial charge on any atom is 0.326 e. The number of nitrogens with one attached hydrogen (secondary N) is 3. The summed E-state index contributed by atoms with van der Waals surface area (Å²) in [7, 11) is 0. The molecule has 0 aliphatic rings. The highest BCUT2D eigenvalue weighted by molar-refractivity contribution is 5.94. The molecule has 0 aromatic carbocycles. The van der Waals surface area contributed by atoms with Gasteiger partial charge in [-0.2, -0.15) is 0 Å². The third kappa shape index (κ3) is 7.05. The van der Waals surface area contributed by atoms with Crippen LogP contribution in [0.15, 0.2) is 12.5 Å². The molecule has 4 atom stereocenters. The van der Waals surface area contributed by atoms with E-state index in [0.29, 0.717) is 12.1 Å². The van der Waals surface area contributed by atoms with Crippen molar-refractivity contribution in [2.45, 2.75) is 51.2 Å². The second-order valence-electron chi connectivity index (χ2n) is 6.25. The minimum absolute atomic E-state index is 0.0821. The fourth-order valence-corrected chi connectivity index (χ4v) is 2.25. The standard InChI is InChI=1S/C16H25N5O6/c1-3-8(2)13(17)15(25)20-10(5-12(22)23)14(24)21-11(16(26)27)4-9-6-18-7-19-9/h6-8,10-11,13H,3-5,17H2,1-2H3,(H,18,19)(H,20,25)(H,21,24)(H,22,23)(H,26,27). The number of carbonyl (C=O) groups excluding carboxylic acids is 2. The van der Waals surface area contributed by atoms with Crippen LogP contribution in [0.1, 0.15) is 32.4 Å². The third-order valence-corrected chi connectivity index (χ3v) is 4.16. The van der Waals surface area contributed by atoms with Crippen molar-refractivity contribution in [2.75, 3.05) is 0 Å². The second-order valence-corrected chi connectivity index (χ2v) is 6.25. The number of hydrogen-bond donors (Lipinski definition) is 6. The Bertz CT molecular complexity index is 662. The number of H-pyrrole nitrogens is 1. The minimum atomic E-state index is -1.45. The lowest BCUT2D eigenvalue weighted by Gasteiger charge is -2.23. The van der Waals surface area contributed by atoms with Crippen LogP contribution >= 0.6 is 0 Å². The van der Waals surface area contributed by atoms with E-state index in [1.165, 1.54) is 12.5 Å². The molecule has 11 nitrogen and oxygen atoms in total. The zero-order chi connectivity index (χ0) is 20.6. The maximum absolute atomic E-state index is 12.4. The van der Waals surface area contributed by atoms with Gasteiger partial charge in [0.25, 0.3) is 0 Å². The van der Waals surface area contributed by atoms with Gasteiger partial charge in [0.15, 0.2) is 0 Å². The van der Waals surface area contributed by atoms with Crippen LogP contribution in [0.3, 0.4) is 0 Å². The smallest absolute Gasteiger partial charge is 0.326 e. The van der Waals surface area contributed by atoms with Gasteiger partial charge in [-0.25, -0.2) is 9.78 Å². The molecule has 0 radical (unpaired) electrons. The molecular weight excluding hydrogens is 358 g/mol. The molecule has 0 fully saturated rings. The van der Waals surface area contributed by atoms with E-state index in [9.17, 15) is 24.3 Å². The number of nitrogens with two attached hydrogens (primary N) is 1. The Hall–Kier alpha value is -2.95. The van der Waals surface area contributed by atoms with Crippen molar-refractivity contribution >= 4 is 23.8 Å². The molecule has 1 aromatic rings. The number of hydrogen-bond acceptors (Lipinski definition) is 6. The van der Waals surface area contributed by atoms with Crippen LogP contribution in [0.2, 0.25) is 0 Å². The van der Waals surface area contributed by atoms with E-state index in [2.05, 4.69) is 20.6 Å². The molecule has 1 rings (SSSR count). The van der Waals surface area contributed by atoms with Gasteiger partial charge in [-0.3, -0.25) is 14.4 Å². The number of aliphatic carboxylic acids is 2. The predicted molar refractivity (Wildman–Crippen MR) is 93.5 cm³/mol. The molecule has 11 heteroatoms. The van der Waals surface area contributed by atoms with E-state index >= 15 is 0 Å². The average molecular weight is 383 g/mol. The molecule has 2 amide bonds. The van der Waals surface area contributed by atoms with Gasteiger partial charge in [-0.05, 0) is 5.92 Å². The molecule has 7 N–H and O–H groups in total. The van der Waals surface area contributed by atoms with Crippen LogP contribution in [0.4, 0.5) is 0 Å². The van der Waals surface area contributed by atoms with E-state index in [-0.39, 0.29) is 12.3 Å². The first-order valence-corrected chi connectivity index (χ1v) is 8.43. The number of carboxylic acids is 2. The van der Waals surface area contributed by atoms with Gasteiger partial charge >= 0.3 is 11.9 Å². The number of nitrogens with zero attached hydrogens (tertiary/aromatic N) is 1. The zero-order valence-corrected chi connectivity index (χ0v) is 15.1. The average Bonchev–Trinajstić information content (AvgIpc) is 3.11. The summed E-state index contributed by atoms with van der Waals surface area (Å²) in [5.74, 6) is -4.41. The van der Waals surface area contributed by atoms with Crippen LogP contribution in [0.5, 0.6) is 0 Å². The Morgan fingerprint density at radius 1 is 1.19 bits per heavy atom. The Morgan fingerprint density at radius 3 is 2.30 bits per heavy atom. The van der Waals surface area contributed by atoms with Gasteiger partial charge in [0.05, 0.1) is 18.8 Å². The van der Waals surface area contributed by atoms with Crippen molar-refractivity contribution in [3.05, 3.63) is 18.2 Å². The Kier molecular flexibility index (Phi) is 8.39. The van der Waals surface area contributed by atoms with Crippen LogP contribution in [-0.4, -0.2) is 62.1 Å². The predicted octanol–water partition coefficient (Wildman–Crippen LogP) is -1.15. The van der Waals surface area contributed by atoms with Gasteiger partial charge in [-0.15, -0.1) is 0 Å². The summed E-state index contributed by atoms with van der Waals surface area (Å²) in [5, 5.41) is 22.8. The molecule has 1 aromatic heterocycles. The van der Waals surface area contributed by atoms with E-state index in [0.717, 1.165) is 0 Å². The molecule has 0 aliphatic heterocycles. The first-order valence-electron chi connectivity index (χ1n) is 8.43. The van der Waals surface area contributed by atoms with Crippen molar-refractivity contribution in [2.24, 2.45) is 11.7 Å². The highest BCUT2D eigenvalue weighted by Gasteiger charge is 2.30. The number of aromatic nitrogens is 2. The highest BCUT2D eigenvalue weighted by Crippen LogP contribution is 2.07. The third-order valence-electron chi connectivity index (χ3n) is 4.16. The van der Waals surface area contributed by atoms with Crippen molar-refractivity contribution < 1.29 is 29.4 Å². The Morgan fingerprint density at radius 2 is 1.81 bits per heavy atom. The van der Waals surface area contributed by atoms with E-state index < -0.39 is 48.3 Å². The minimum Gasteiger partial charge on any atom is -0.481 e. The van der Waals surface area contributed by atoms with Crippen molar-refractivity contribution in [3.8, 4) is 0 Å². The number of amides is 2. The normalized spacial score (nSPS) is 15.2. The molecule has 0 bridgehead atoms. The maximum atomic E-state index is 12.4. The number of aromatic amines is 1. The van der Waals surface area contributed by atoms with Crippen LogP contribution in [-0.2, 0) is 25.6 Å². The van der Waals surface area contributed by atoms with Crippen LogP contribution in [0, 0.1) is 5.92 Å². The highest BCUT2D eigenvalue weighted by atomic mass is 16.4. The zero-order valence-electron chi connectivity index (χ0n) is 15.1. The summed E-state index contributed by atoms with van der Waals surface area (Å²) in [6.07, 6.45) is 2.60. The molecule has 0 aliphatic carbocycles. The van der Waals surface area contributed by atoms with Crippen molar-refractivity contribution in [1.29, 1.82) is 0 Å². The summed E-state index contributed by atoms with van der Waals surface area (Å²) in [4.78, 5) is 53.5. The molecular formula is C16H25N5O6. The molecule has 0 saturated carbocycles. The fraction of sp³-hybridized carbons (Fsp3) is 0.562. The van der Waals surface area contributed by atoms with Gasteiger partial charge in [-0.1, -0.05) is 20.3 Å². The summed E-state index contributed by atoms with van der Waals surface area (Å²) in [6.45, 7) is 3.59. The number of carboxylic acid groups (broad SMARTS) is 2. The van der Waals surface area contributed by atoms with Gasteiger partial charge in [0.1, 0.15) is 12.1 Å². The Labute approximate surface area is 155 Å². The van der Waals surface area contributed by atoms with E-state index in [4.69, 9.17) is 10.8 Å².